The highest BCUT2D eigenvalue weighted by Crippen LogP contribution is 2.21. The number of nitrogens with zero attached hydrogens (tertiary/aromatic N) is 1. The van der Waals surface area contributed by atoms with Crippen molar-refractivity contribution in [1.29, 1.82) is 0 Å². The zero-order valence-corrected chi connectivity index (χ0v) is 14.6. The van der Waals surface area contributed by atoms with Crippen LogP contribution < -0.4 is 5.14 Å². The zero-order chi connectivity index (χ0) is 16.3. The Bertz CT molecular complexity index is 767. The SMILES string of the molecule is CSc1ccc(CN(C)C(=O)c2csc(S(N)(=O)=O)c2)cc1. The Labute approximate surface area is 138 Å². The Morgan fingerprint density at radius 2 is 1.95 bits per heavy atom. The Balaban J connectivity index is 2.09. The van der Waals surface area contributed by atoms with E-state index >= 15 is 0 Å². The van der Waals surface area contributed by atoms with Crippen LogP contribution in [-0.2, 0) is 16.6 Å². The van der Waals surface area contributed by atoms with E-state index in [-0.39, 0.29) is 10.1 Å². The summed E-state index contributed by atoms with van der Waals surface area (Å²) >= 11 is 2.61. The van der Waals surface area contributed by atoms with Crippen LogP contribution in [0.2, 0.25) is 0 Å². The summed E-state index contributed by atoms with van der Waals surface area (Å²) in [6, 6.07) is 9.26. The Kier molecular flexibility index (Phi) is 5.28. The normalized spacial score (nSPS) is 11.4. The fraction of sp³-hybridized carbons (Fsp3) is 0.214. The predicted molar refractivity (Wildman–Crippen MR) is 89.7 cm³/mol. The number of carbonyl (C=O) groups excluding carboxylic acids is 1. The van der Waals surface area contributed by atoms with Crippen LogP contribution in [0.1, 0.15) is 15.9 Å². The number of thiophene rings is 1. The lowest BCUT2D eigenvalue weighted by molar-refractivity contribution is 0.0785. The number of rotatable bonds is 5. The molecular weight excluding hydrogens is 340 g/mol. The molecular formula is C14H16N2O3S3. The average Bonchev–Trinajstić information content (AvgIpc) is 2.97. The van der Waals surface area contributed by atoms with Crippen molar-refractivity contribution in [1.82, 2.24) is 4.90 Å². The van der Waals surface area contributed by atoms with Gasteiger partial charge >= 0.3 is 0 Å². The molecule has 0 atom stereocenters. The molecule has 0 radical (unpaired) electrons. The molecule has 2 rings (SSSR count). The molecule has 0 spiro atoms. The number of primary sulfonamides is 1. The number of nitrogens with two attached hydrogens (primary N) is 1. The standard InChI is InChI=1S/C14H16N2O3S3/c1-16(8-10-3-5-12(20-2)6-4-10)14(17)11-7-13(21-9-11)22(15,18)19/h3-7,9H,8H2,1-2H3,(H2,15,18,19). The second-order valence-corrected chi connectivity index (χ2v) is 8.29. The van der Waals surface area contributed by atoms with E-state index in [4.69, 9.17) is 5.14 Å². The number of hydrogen-bond donors (Lipinski definition) is 1. The van der Waals surface area contributed by atoms with Gasteiger partial charge in [0.15, 0.2) is 0 Å². The van der Waals surface area contributed by atoms with E-state index in [1.165, 1.54) is 11.4 Å². The number of hydrogen-bond acceptors (Lipinski definition) is 5. The van der Waals surface area contributed by atoms with Crippen LogP contribution >= 0.6 is 23.1 Å². The molecule has 118 valence electrons. The fourth-order valence-electron chi connectivity index (χ4n) is 1.87. The Morgan fingerprint density at radius 1 is 1.32 bits per heavy atom. The minimum Gasteiger partial charge on any atom is -0.337 e. The third kappa shape index (κ3) is 4.10. The van der Waals surface area contributed by atoms with Gasteiger partial charge < -0.3 is 4.90 Å². The van der Waals surface area contributed by atoms with E-state index < -0.39 is 10.0 Å². The van der Waals surface area contributed by atoms with Gasteiger partial charge in [0.25, 0.3) is 5.91 Å². The summed E-state index contributed by atoms with van der Waals surface area (Å²) in [5.74, 6) is -0.236. The second kappa shape index (κ2) is 6.82. The van der Waals surface area contributed by atoms with Gasteiger partial charge in [-0.3, -0.25) is 4.79 Å². The maximum atomic E-state index is 12.3. The number of sulfonamides is 1. The molecule has 5 nitrogen and oxygen atoms in total. The summed E-state index contributed by atoms with van der Waals surface area (Å²) < 4.78 is 22.5. The molecule has 0 fully saturated rings. The lowest BCUT2D eigenvalue weighted by atomic mass is 10.2. The molecule has 0 saturated heterocycles. The van der Waals surface area contributed by atoms with Crippen molar-refractivity contribution >= 4 is 39.0 Å². The van der Waals surface area contributed by atoms with Crippen molar-refractivity contribution in [3.05, 3.63) is 46.8 Å². The molecule has 0 unspecified atom stereocenters. The van der Waals surface area contributed by atoms with Crippen LogP contribution in [0.4, 0.5) is 0 Å². The summed E-state index contributed by atoms with van der Waals surface area (Å²) in [6.07, 6.45) is 2.00. The first-order valence-electron chi connectivity index (χ1n) is 6.31. The first kappa shape index (κ1) is 17.0. The molecule has 2 N–H and O–H groups in total. The molecule has 1 aromatic carbocycles. The summed E-state index contributed by atoms with van der Waals surface area (Å²) in [5.41, 5.74) is 1.34. The minimum absolute atomic E-state index is 0.00595. The van der Waals surface area contributed by atoms with Gasteiger partial charge in [-0.15, -0.1) is 23.1 Å². The molecule has 22 heavy (non-hydrogen) atoms. The van der Waals surface area contributed by atoms with E-state index in [1.54, 1.807) is 23.7 Å². The van der Waals surface area contributed by atoms with Crippen molar-refractivity contribution in [2.45, 2.75) is 15.6 Å². The van der Waals surface area contributed by atoms with E-state index in [0.717, 1.165) is 21.8 Å². The second-order valence-electron chi connectivity index (χ2n) is 4.71. The molecule has 1 heterocycles. The first-order valence-corrected chi connectivity index (χ1v) is 9.96. The summed E-state index contributed by atoms with van der Waals surface area (Å²) in [6.45, 7) is 0.452. The van der Waals surface area contributed by atoms with Gasteiger partial charge in [0.2, 0.25) is 10.0 Å². The van der Waals surface area contributed by atoms with E-state index in [1.807, 2.05) is 30.5 Å². The summed E-state index contributed by atoms with van der Waals surface area (Å²) in [5, 5.41) is 6.56. The maximum absolute atomic E-state index is 12.3. The molecule has 2 aromatic rings. The topological polar surface area (TPSA) is 80.5 Å². The molecule has 0 bridgehead atoms. The lowest BCUT2D eigenvalue weighted by Crippen LogP contribution is -2.25. The zero-order valence-electron chi connectivity index (χ0n) is 12.1. The average molecular weight is 356 g/mol. The molecule has 1 aromatic heterocycles. The highest BCUT2D eigenvalue weighted by atomic mass is 32.2. The quantitative estimate of drug-likeness (QED) is 0.834. The van der Waals surface area contributed by atoms with Gasteiger partial charge in [0.1, 0.15) is 4.21 Å². The molecule has 8 heteroatoms. The highest BCUT2D eigenvalue weighted by Gasteiger charge is 2.18. The fourth-order valence-corrected chi connectivity index (χ4v) is 3.86. The van der Waals surface area contributed by atoms with Crippen LogP contribution in [0, 0.1) is 0 Å². The van der Waals surface area contributed by atoms with Crippen molar-refractivity contribution in [2.75, 3.05) is 13.3 Å². The van der Waals surface area contributed by atoms with Crippen LogP contribution in [0.15, 0.2) is 44.8 Å². The van der Waals surface area contributed by atoms with Gasteiger partial charge in [-0.05, 0) is 30.0 Å². The van der Waals surface area contributed by atoms with Crippen molar-refractivity contribution in [2.24, 2.45) is 5.14 Å². The predicted octanol–water partition coefficient (Wildman–Crippen LogP) is 2.39. The van der Waals surface area contributed by atoms with Gasteiger partial charge in [-0.2, -0.15) is 0 Å². The number of thioether (sulfide) groups is 1. The van der Waals surface area contributed by atoms with Gasteiger partial charge in [-0.1, -0.05) is 12.1 Å². The van der Waals surface area contributed by atoms with Crippen molar-refractivity contribution < 1.29 is 13.2 Å². The lowest BCUT2D eigenvalue weighted by Gasteiger charge is -2.16. The smallest absolute Gasteiger partial charge is 0.254 e. The van der Waals surface area contributed by atoms with Gasteiger partial charge in [-0.25, -0.2) is 13.6 Å². The van der Waals surface area contributed by atoms with E-state index in [2.05, 4.69) is 0 Å². The molecule has 0 aliphatic carbocycles. The third-order valence-electron chi connectivity index (χ3n) is 3.03. The number of amides is 1. The van der Waals surface area contributed by atoms with Crippen LogP contribution in [0.25, 0.3) is 0 Å². The molecule has 0 aliphatic heterocycles. The maximum Gasteiger partial charge on any atom is 0.254 e. The Morgan fingerprint density at radius 3 is 2.45 bits per heavy atom. The van der Waals surface area contributed by atoms with Crippen molar-refractivity contribution in [3.8, 4) is 0 Å². The number of benzene rings is 1. The van der Waals surface area contributed by atoms with Crippen LogP contribution in [0.3, 0.4) is 0 Å². The Hall–Kier alpha value is -1.35. The van der Waals surface area contributed by atoms with Crippen molar-refractivity contribution in [3.63, 3.8) is 0 Å². The third-order valence-corrected chi connectivity index (χ3v) is 6.16. The number of carbonyl (C=O) groups is 1. The highest BCUT2D eigenvalue weighted by molar-refractivity contribution is 7.98. The largest absolute Gasteiger partial charge is 0.337 e. The van der Waals surface area contributed by atoms with Crippen LogP contribution in [0.5, 0.6) is 0 Å². The monoisotopic (exact) mass is 356 g/mol. The minimum atomic E-state index is -3.76. The van der Waals surface area contributed by atoms with E-state index in [0.29, 0.717) is 12.1 Å². The molecule has 0 saturated carbocycles. The van der Waals surface area contributed by atoms with Crippen LogP contribution in [-0.4, -0.2) is 32.5 Å². The molecule has 1 amide bonds. The van der Waals surface area contributed by atoms with Gasteiger partial charge in [0, 0.05) is 23.9 Å². The van der Waals surface area contributed by atoms with Gasteiger partial charge in [0.05, 0.1) is 5.56 Å². The summed E-state index contributed by atoms with van der Waals surface area (Å²) in [4.78, 5) is 15.0. The first-order chi connectivity index (χ1) is 10.3. The molecule has 0 aliphatic rings. The summed E-state index contributed by atoms with van der Waals surface area (Å²) in [7, 11) is -2.08. The van der Waals surface area contributed by atoms with E-state index in [9.17, 15) is 13.2 Å².